The van der Waals surface area contributed by atoms with Crippen molar-refractivity contribution in [3.63, 3.8) is 0 Å². The molecule has 0 saturated heterocycles. The molecule has 78 valence electrons. The molecule has 1 heterocycles. The Kier molecular flexibility index (Phi) is 2.48. The number of benzene rings is 1. The van der Waals surface area contributed by atoms with Crippen molar-refractivity contribution in [1.82, 2.24) is 4.57 Å². The van der Waals surface area contributed by atoms with Crippen molar-refractivity contribution in [2.24, 2.45) is 7.05 Å². The first-order chi connectivity index (χ1) is 7.11. The van der Waals surface area contributed by atoms with Crippen molar-refractivity contribution in [2.75, 3.05) is 0 Å². The highest BCUT2D eigenvalue weighted by molar-refractivity contribution is 9.10. The molecule has 0 aliphatic rings. The van der Waals surface area contributed by atoms with Crippen LogP contribution in [0.4, 0.5) is 0 Å². The number of aryl methyl sites for hydroxylation is 1. The molecule has 0 unspecified atom stereocenters. The minimum Gasteiger partial charge on any atom is -0.341 e. The average molecular weight is 269 g/mol. The van der Waals surface area contributed by atoms with E-state index < -0.39 is 0 Å². The Morgan fingerprint density at radius 3 is 2.73 bits per heavy atom. The normalized spacial score (nSPS) is 10.8. The summed E-state index contributed by atoms with van der Waals surface area (Å²) in [5, 5.41) is 11.5. The SMILES string of the molecule is Cn1c(C[N+](=O)[O-])c(Br)c2ccccc21. The van der Waals surface area contributed by atoms with E-state index in [0.717, 1.165) is 15.4 Å². The van der Waals surface area contributed by atoms with Gasteiger partial charge < -0.3 is 4.57 Å². The molecule has 0 N–H and O–H groups in total. The summed E-state index contributed by atoms with van der Waals surface area (Å²) < 4.78 is 2.67. The van der Waals surface area contributed by atoms with Crippen molar-refractivity contribution in [3.05, 3.63) is 44.5 Å². The highest BCUT2D eigenvalue weighted by atomic mass is 79.9. The van der Waals surface area contributed by atoms with Gasteiger partial charge in [0.05, 0.1) is 4.47 Å². The van der Waals surface area contributed by atoms with E-state index in [1.54, 1.807) is 0 Å². The third-order valence-electron chi connectivity index (χ3n) is 2.44. The Morgan fingerprint density at radius 1 is 1.47 bits per heavy atom. The lowest BCUT2D eigenvalue weighted by atomic mass is 10.2. The second-order valence-electron chi connectivity index (χ2n) is 3.33. The molecule has 0 bridgehead atoms. The Hall–Kier alpha value is -1.36. The van der Waals surface area contributed by atoms with Crippen LogP contribution >= 0.6 is 15.9 Å². The monoisotopic (exact) mass is 268 g/mol. The lowest BCUT2D eigenvalue weighted by Gasteiger charge is -1.99. The number of aromatic nitrogens is 1. The van der Waals surface area contributed by atoms with E-state index in [1.807, 2.05) is 35.9 Å². The molecule has 0 amide bonds. The van der Waals surface area contributed by atoms with E-state index in [0.29, 0.717) is 5.69 Å². The van der Waals surface area contributed by atoms with Gasteiger partial charge in [-0.15, -0.1) is 0 Å². The third kappa shape index (κ3) is 1.63. The molecule has 5 heteroatoms. The number of hydrogen-bond acceptors (Lipinski definition) is 2. The summed E-state index contributed by atoms with van der Waals surface area (Å²) >= 11 is 3.41. The number of nitrogens with zero attached hydrogens (tertiary/aromatic N) is 2. The molecule has 0 fully saturated rings. The van der Waals surface area contributed by atoms with Crippen LogP contribution in [0.3, 0.4) is 0 Å². The van der Waals surface area contributed by atoms with Gasteiger partial charge in [-0.3, -0.25) is 10.1 Å². The van der Waals surface area contributed by atoms with Gasteiger partial charge in [-0.25, -0.2) is 0 Å². The van der Waals surface area contributed by atoms with Crippen LogP contribution in [0.25, 0.3) is 10.9 Å². The van der Waals surface area contributed by atoms with E-state index >= 15 is 0 Å². The minimum absolute atomic E-state index is 0.161. The van der Waals surface area contributed by atoms with Crippen molar-refractivity contribution < 1.29 is 4.92 Å². The third-order valence-corrected chi connectivity index (χ3v) is 3.32. The van der Waals surface area contributed by atoms with Gasteiger partial charge in [0, 0.05) is 22.9 Å². The van der Waals surface area contributed by atoms with Gasteiger partial charge in [-0.1, -0.05) is 18.2 Å². The van der Waals surface area contributed by atoms with Crippen LogP contribution in [0.15, 0.2) is 28.7 Å². The summed E-state index contributed by atoms with van der Waals surface area (Å²) in [7, 11) is 1.84. The highest BCUT2D eigenvalue weighted by Crippen LogP contribution is 2.30. The van der Waals surface area contributed by atoms with Crippen LogP contribution in [-0.4, -0.2) is 9.49 Å². The fourth-order valence-corrected chi connectivity index (χ4v) is 2.42. The summed E-state index contributed by atoms with van der Waals surface area (Å²) in [6.07, 6.45) is 0. The van der Waals surface area contributed by atoms with Crippen molar-refractivity contribution >= 4 is 26.8 Å². The Balaban J connectivity index is 2.69. The largest absolute Gasteiger partial charge is 0.341 e. The number of nitro groups is 1. The van der Waals surface area contributed by atoms with E-state index in [9.17, 15) is 10.1 Å². The van der Waals surface area contributed by atoms with Crippen molar-refractivity contribution in [3.8, 4) is 0 Å². The fraction of sp³-hybridized carbons (Fsp3) is 0.200. The van der Waals surface area contributed by atoms with E-state index in [4.69, 9.17) is 0 Å². The molecule has 0 spiro atoms. The van der Waals surface area contributed by atoms with Gasteiger partial charge in [0.15, 0.2) is 0 Å². The Labute approximate surface area is 94.8 Å². The second kappa shape index (κ2) is 3.66. The zero-order valence-corrected chi connectivity index (χ0v) is 9.69. The van der Waals surface area contributed by atoms with Crippen LogP contribution in [-0.2, 0) is 13.6 Å². The van der Waals surface area contributed by atoms with Crippen LogP contribution in [0.2, 0.25) is 0 Å². The van der Waals surface area contributed by atoms with Gasteiger partial charge in [-0.05, 0) is 22.0 Å². The quantitative estimate of drug-likeness (QED) is 0.621. The van der Waals surface area contributed by atoms with Crippen LogP contribution in [0, 0.1) is 10.1 Å². The molecule has 15 heavy (non-hydrogen) atoms. The minimum atomic E-state index is -0.320. The highest BCUT2D eigenvalue weighted by Gasteiger charge is 2.16. The van der Waals surface area contributed by atoms with Gasteiger partial charge >= 0.3 is 0 Å². The van der Waals surface area contributed by atoms with E-state index in [-0.39, 0.29) is 11.5 Å². The van der Waals surface area contributed by atoms with Gasteiger partial charge in [-0.2, -0.15) is 0 Å². The maximum absolute atomic E-state index is 10.5. The summed E-state index contributed by atoms with van der Waals surface area (Å²) in [5.74, 6) is 0. The standard InChI is InChI=1S/C10H9BrN2O2/c1-12-8-5-3-2-4-7(8)10(11)9(12)6-13(14)15/h2-5H,6H2,1H3. The first-order valence-corrected chi connectivity index (χ1v) is 5.24. The molecule has 2 aromatic rings. The number of fused-ring (bicyclic) bond motifs is 1. The number of para-hydroxylation sites is 1. The Bertz CT molecular complexity index is 494. The molecular formula is C10H9BrN2O2. The summed E-state index contributed by atoms with van der Waals surface area (Å²) in [6.45, 7) is -0.161. The molecule has 2 rings (SSSR count). The molecule has 0 atom stereocenters. The lowest BCUT2D eigenvalue weighted by molar-refractivity contribution is -0.497. The molecule has 0 aliphatic heterocycles. The molecule has 0 saturated carbocycles. The first kappa shape index (κ1) is 10.2. The van der Waals surface area contributed by atoms with Crippen LogP contribution in [0.5, 0.6) is 0 Å². The second-order valence-corrected chi connectivity index (χ2v) is 4.12. The molecule has 1 aromatic heterocycles. The predicted octanol–water partition coefficient (Wildman–Crippen LogP) is 2.72. The number of hydrogen-bond donors (Lipinski definition) is 0. The van der Waals surface area contributed by atoms with Gasteiger partial charge in [0.2, 0.25) is 6.54 Å². The zero-order chi connectivity index (χ0) is 11.0. The van der Waals surface area contributed by atoms with Crippen LogP contribution < -0.4 is 0 Å². The zero-order valence-electron chi connectivity index (χ0n) is 8.11. The number of rotatable bonds is 2. The van der Waals surface area contributed by atoms with Gasteiger partial charge in [0.25, 0.3) is 0 Å². The first-order valence-electron chi connectivity index (χ1n) is 4.45. The van der Waals surface area contributed by atoms with Crippen LogP contribution in [0.1, 0.15) is 5.69 Å². The summed E-state index contributed by atoms with van der Waals surface area (Å²) in [6, 6.07) is 7.74. The maximum atomic E-state index is 10.5. The molecule has 4 nitrogen and oxygen atoms in total. The predicted molar refractivity (Wildman–Crippen MR) is 61.3 cm³/mol. The van der Waals surface area contributed by atoms with E-state index in [2.05, 4.69) is 15.9 Å². The lowest BCUT2D eigenvalue weighted by Crippen LogP contribution is -2.04. The Morgan fingerprint density at radius 2 is 2.13 bits per heavy atom. The van der Waals surface area contributed by atoms with Gasteiger partial charge in [0.1, 0.15) is 5.69 Å². The molecular weight excluding hydrogens is 260 g/mol. The van der Waals surface area contributed by atoms with E-state index in [1.165, 1.54) is 0 Å². The average Bonchev–Trinajstić information content (AvgIpc) is 2.44. The molecule has 1 aromatic carbocycles. The fourth-order valence-electron chi connectivity index (χ4n) is 1.70. The summed E-state index contributed by atoms with van der Waals surface area (Å²) in [5.41, 5.74) is 1.70. The molecule has 0 aliphatic carbocycles. The topological polar surface area (TPSA) is 48.1 Å². The summed E-state index contributed by atoms with van der Waals surface area (Å²) in [4.78, 5) is 10.2. The van der Waals surface area contributed by atoms with Crippen molar-refractivity contribution in [2.45, 2.75) is 6.54 Å². The maximum Gasteiger partial charge on any atom is 0.244 e. The number of halogens is 1. The molecule has 0 radical (unpaired) electrons. The smallest absolute Gasteiger partial charge is 0.244 e. The van der Waals surface area contributed by atoms with Crippen molar-refractivity contribution in [1.29, 1.82) is 0 Å².